The molecule has 0 bridgehead atoms. The van der Waals surface area contributed by atoms with E-state index in [1.807, 2.05) is 60.7 Å². The molecule has 26 heteroatoms. The van der Waals surface area contributed by atoms with Gasteiger partial charge in [0, 0.05) is 51.3 Å². The van der Waals surface area contributed by atoms with E-state index >= 15 is 0 Å². The number of aliphatic hydroxyl groups excluding tert-OH is 2. The van der Waals surface area contributed by atoms with Gasteiger partial charge in [-0.15, -0.1) is 0 Å². The molecule has 5 heterocycles. The van der Waals surface area contributed by atoms with E-state index in [4.69, 9.17) is 48.5 Å². The Balaban J connectivity index is 0.000000208. The molecule has 26 nitrogen and oxygen atoms in total. The number of carboxylic acid groups (broad SMARTS) is 1. The predicted octanol–water partition coefficient (Wildman–Crippen LogP) is 11.0. The molecule has 1 atom stereocenters. The molecule has 0 aliphatic carbocycles. The van der Waals surface area contributed by atoms with Crippen molar-refractivity contribution < 1.29 is 78.8 Å². The van der Waals surface area contributed by atoms with Crippen molar-refractivity contribution in [3.05, 3.63) is 119 Å². The molecule has 5 aliphatic rings. The first-order chi connectivity index (χ1) is 51.5. The van der Waals surface area contributed by atoms with Crippen LogP contribution in [0.25, 0.3) is 0 Å². The molecule has 0 spiro atoms. The maximum Gasteiger partial charge on any atom is 0.303 e. The number of aromatic hydroxyl groups is 5. The van der Waals surface area contributed by atoms with E-state index in [9.17, 15) is 30.3 Å². The molecule has 0 radical (unpaired) electrons. The minimum Gasteiger partial charge on any atom is -0.504 e. The zero-order valence-corrected chi connectivity index (χ0v) is 64.2. The lowest BCUT2D eigenvalue weighted by molar-refractivity contribution is -0.280. The van der Waals surface area contributed by atoms with Crippen LogP contribution in [0.4, 0.5) is 0 Å². The average Bonchev–Trinajstić information content (AvgIpc) is 0.794. The molecule has 10 rings (SSSR count). The van der Waals surface area contributed by atoms with Gasteiger partial charge in [-0.2, -0.15) is 0 Å². The van der Waals surface area contributed by atoms with Gasteiger partial charge in [0.2, 0.25) is 0 Å². The Morgan fingerprint density at radius 2 is 0.868 bits per heavy atom. The monoisotopic (exact) mass is 1480 g/mol. The number of carboxylic acids is 1. The Hall–Kier alpha value is -6.99. The third-order valence-electron chi connectivity index (χ3n) is 19.6. The number of phenols is 5. The summed E-state index contributed by atoms with van der Waals surface area (Å²) in [4.78, 5) is 17.5. The van der Waals surface area contributed by atoms with Crippen molar-refractivity contribution in [2.75, 3.05) is 134 Å². The summed E-state index contributed by atoms with van der Waals surface area (Å²) in [7, 11) is 7.79. The van der Waals surface area contributed by atoms with Gasteiger partial charge in [-0.1, -0.05) is 83.1 Å². The molecule has 5 fully saturated rings. The summed E-state index contributed by atoms with van der Waals surface area (Å²) in [6.45, 7) is 16.7. The molecule has 594 valence electrons. The molecule has 15 N–H and O–H groups in total. The molecule has 5 aliphatic heterocycles. The maximum absolute atomic E-state index is 10.4. The molecule has 5 aromatic rings. The third-order valence-corrected chi connectivity index (χ3v) is 19.6. The first-order valence-corrected chi connectivity index (χ1v) is 38.5. The van der Waals surface area contributed by atoms with Gasteiger partial charge in [-0.3, -0.25) is 56.7 Å². The van der Waals surface area contributed by atoms with Gasteiger partial charge >= 0.3 is 5.97 Å². The van der Waals surface area contributed by atoms with Crippen LogP contribution in [0.1, 0.15) is 201 Å². The van der Waals surface area contributed by atoms with Crippen LogP contribution in [0.3, 0.4) is 0 Å². The van der Waals surface area contributed by atoms with E-state index in [0.717, 1.165) is 190 Å². The molecule has 0 aromatic heterocycles. The van der Waals surface area contributed by atoms with Crippen LogP contribution in [0, 0.1) is 0 Å². The molecular weight excluding hydrogens is 1360 g/mol. The van der Waals surface area contributed by atoms with Gasteiger partial charge in [0.05, 0.1) is 99.6 Å². The number of carbonyl (C=O) groups is 1. The van der Waals surface area contributed by atoms with Crippen molar-refractivity contribution in [1.82, 2.24) is 51.9 Å². The topological polar surface area (TPSA) is 337 Å². The lowest BCUT2D eigenvalue weighted by atomic mass is 9.90. The van der Waals surface area contributed by atoms with Crippen molar-refractivity contribution in [3.63, 3.8) is 0 Å². The standard InChI is InChI=1S/C17H26O4.C16H25N3O4.C16H26N2O3.C16H26N2O2.C15H25N3O3/c1-3-4-5-6-10-17(20-11-7-12-21-17)14-8-9-15(18)16(13-14)19-2;1-23-14-9-12(6-7-13(14)20)16-17-10-19(11-18-16)8-4-2-3-5-15(21)22;1-21-15-12-13(6-7-14(15)20)16(8-3-2-4-11-19)17-9-5-10-18-16;1-3-4-5-10-18-11-6-9-17-16(18)13-7-8-14(19)15(12-13)20-2;1-21-14-9-12(5-6-13(14)20)15-16-10-18(11-17-15)7-3-2-4-8-19/h8-9,13,18H,3-7,10-12H2,1-2H3;6-7,9,16-18,20H,2-5,8,10-11H2,1H3,(H,21,22);6-7,12,17-20H,2-5,8-11H2,1H3;7-8,12,16-17,19H,3-6,9-11H2,1-2H3;5-6,9,15-17,19-20H,2-4,7-8,10-11H2,1H3. The molecule has 0 saturated carbocycles. The average molecular weight is 1490 g/mol. The van der Waals surface area contributed by atoms with Crippen LogP contribution in [-0.4, -0.2) is 196 Å². The summed E-state index contributed by atoms with van der Waals surface area (Å²) in [6.07, 6.45) is 22.6. The largest absolute Gasteiger partial charge is 0.504 e. The summed E-state index contributed by atoms with van der Waals surface area (Å²) in [6, 6.07) is 27.2. The number of unbranched alkanes of at least 4 members (excludes halogenated alkanes) is 11. The minimum absolute atomic E-state index is 0.0211. The van der Waals surface area contributed by atoms with Gasteiger partial charge in [0.1, 0.15) is 0 Å². The Morgan fingerprint density at radius 1 is 0.453 bits per heavy atom. The van der Waals surface area contributed by atoms with Gasteiger partial charge in [0.25, 0.3) is 0 Å². The van der Waals surface area contributed by atoms with Crippen LogP contribution in [0.2, 0.25) is 0 Å². The number of nitrogens with one attached hydrogen (secondary N) is 7. The quantitative estimate of drug-likeness (QED) is 0.0168. The smallest absolute Gasteiger partial charge is 0.303 e. The zero-order chi connectivity index (χ0) is 76.4. The summed E-state index contributed by atoms with van der Waals surface area (Å²) < 4.78 is 37.9. The number of rotatable bonds is 35. The fourth-order valence-corrected chi connectivity index (χ4v) is 13.5. The fraction of sp³-hybridized carbons (Fsp3) is 0.613. The molecule has 5 saturated heterocycles. The van der Waals surface area contributed by atoms with Crippen molar-refractivity contribution in [2.24, 2.45) is 0 Å². The highest BCUT2D eigenvalue weighted by Gasteiger charge is 2.38. The number of phenolic OH excluding ortho intramolecular Hbond substituents is 5. The Kier molecular flexibility index (Phi) is 40.8. The van der Waals surface area contributed by atoms with Crippen LogP contribution >= 0.6 is 0 Å². The number of aliphatic hydroxyl groups is 2. The van der Waals surface area contributed by atoms with E-state index in [1.165, 1.54) is 52.1 Å². The van der Waals surface area contributed by atoms with Crippen LogP contribution < -0.4 is 60.9 Å². The molecule has 106 heavy (non-hydrogen) atoms. The van der Waals surface area contributed by atoms with Gasteiger partial charge in [0.15, 0.2) is 63.3 Å². The van der Waals surface area contributed by atoms with E-state index in [1.54, 1.807) is 58.8 Å². The number of hydrogen-bond donors (Lipinski definition) is 15. The van der Waals surface area contributed by atoms with Gasteiger partial charge in [-0.25, -0.2) is 0 Å². The van der Waals surface area contributed by atoms with Crippen molar-refractivity contribution in [1.29, 1.82) is 0 Å². The van der Waals surface area contributed by atoms with Gasteiger partial charge in [-0.05, 0) is 199 Å². The number of nitrogens with zero attached hydrogens (tertiary/aromatic N) is 3. The summed E-state index contributed by atoms with van der Waals surface area (Å²) in [5, 5.41) is 99.2. The normalized spacial score (nSPS) is 17.7. The minimum atomic E-state index is -0.724. The van der Waals surface area contributed by atoms with Crippen molar-refractivity contribution >= 4 is 5.97 Å². The second-order valence-corrected chi connectivity index (χ2v) is 27.4. The predicted molar refractivity (Wildman–Crippen MR) is 413 cm³/mol. The SMILES string of the molecule is CCCCCCC1(c2ccc(O)c(OC)c2)OCCCO1.CCCCCN1CCCNC1c1ccc(O)c(OC)c1.COc1cc(C2(CCCCCO)NCCCN2)ccc1O.COc1cc(C2NCN(CCCCCC(=O)O)CN2)ccc1O.COc1cc(C2NCN(CCCCCO)CN2)ccc1O. The number of ether oxygens (including phenoxy) is 7. The fourth-order valence-electron chi connectivity index (χ4n) is 13.5. The highest BCUT2D eigenvalue weighted by Crippen LogP contribution is 2.41. The zero-order valence-electron chi connectivity index (χ0n) is 64.2. The Labute approximate surface area is 629 Å². The lowest BCUT2D eigenvalue weighted by Crippen LogP contribution is -2.58. The van der Waals surface area contributed by atoms with E-state index in [2.05, 4.69) is 65.8 Å². The van der Waals surface area contributed by atoms with Crippen LogP contribution in [-0.2, 0) is 25.7 Å². The highest BCUT2D eigenvalue weighted by atomic mass is 16.7. The second-order valence-electron chi connectivity index (χ2n) is 27.4. The molecule has 1 unspecified atom stereocenters. The summed E-state index contributed by atoms with van der Waals surface area (Å²) in [5.41, 5.74) is 4.96. The number of methoxy groups -OCH3 is 5. The van der Waals surface area contributed by atoms with Crippen LogP contribution in [0.15, 0.2) is 91.0 Å². The van der Waals surface area contributed by atoms with E-state index in [-0.39, 0.29) is 72.5 Å². The first-order valence-electron chi connectivity index (χ1n) is 38.5. The highest BCUT2D eigenvalue weighted by molar-refractivity contribution is 5.66. The van der Waals surface area contributed by atoms with Gasteiger partial charge < -0.3 is 74.0 Å². The van der Waals surface area contributed by atoms with Crippen molar-refractivity contribution in [3.8, 4) is 57.5 Å². The molecular formula is C80H128N10O16. The second kappa shape index (κ2) is 49.1. The maximum atomic E-state index is 10.4. The van der Waals surface area contributed by atoms with E-state index in [0.29, 0.717) is 42.0 Å². The number of hydrogen-bond acceptors (Lipinski definition) is 25. The first kappa shape index (κ1) is 87.9. The van der Waals surface area contributed by atoms with Crippen LogP contribution in [0.5, 0.6) is 57.5 Å². The number of aliphatic carboxylic acids is 1. The number of benzene rings is 5. The Morgan fingerprint density at radius 3 is 1.36 bits per heavy atom. The van der Waals surface area contributed by atoms with E-state index < -0.39 is 11.8 Å². The Bertz CT molecular complexity index is 3160. The summed E-state index contributed by atoms with van der Waals surface area (Å²) in [5.74, 6) is 1.83. The molecule has 5 aromatic carbocycles. The molecule has 0 amide bonds. The summed E-state index contributed by atoms with van der Waals surface area (Å²) >= 11 is 0. The lowest BCUT2D eigenvalue weighted by Gasteiger charge is -2.40. The van der Waals surface area contributed by atoms with Crippen molar-refractivity contribution in [2.45, 2.75) is 185 Å². The third kappa shape index (κ3) is 28.9.